The Kier molecular flexibility index (Phi) is 9.34. The van der Waals surface area contributed by atoms with Crippen LogP contribution in [0.3, 0.4) is 0 Å². The fourth-order valence-corrected chi connectivity index (χ4v) is 3.23. The van der Waals surface area contributed by atoms with E-state index in [1.54, 1.807) is 7.11 Å². The summed E-state index contributed by atoms with van der Waals surface area (Å²) in [5.74, 6) is -0.684. The second-order valence-corrected chi connectivity index (χ2v) is 7.10. The molecule has 9 nitrogen and oxygen atoms in total. The highest BCUT2D eigenvalue weighted by Crippen LogP contribution is 2.40. The molecule has 1 aliphatic rings. The van der Waals surface area contributed by atoms with Gasteiger partial charge in [-0.1, -0.05) is 30.3 Å². The molecule has 9 heteroatoms. The molecule has 33 heavy (non-hydrogen) atoms. The van der Waals surface area contributed by atoms with E-state index in [1.807, 2.05) is 30.5 Å². The van der Waals surface area contributed by atoms with E-state index >= 15 is 0 Å². The third kappa shape index (κ3) is 7.60. The number of fused-ring (bicyclic) bond motifs is 3. The molecule has 2 aromatic carbocycles. The highest BCUT2D eigenvalue weighted by Gasteiger charge is 2.30. The predicted octanol–water partition coefficient (Wildman–Crippen LogP) is -0.172. The van der Waals surface area contributed by atoms with Crippen LogP contribution < -0.4 is 31.0 Å². The summed E-state index contributed by atoms with van der Waals surface area (Å²) in [5, 5.41) is 19.9. The minimum absolute atomic E-state index is 0.466. The van der Waals surface area contributed by atoms with Gasteiger partial charge in [0.15, 0.2) is 11.9 Å². The van der Waals surface area contributed by atoms with E-state index in [4.69, 9.17) is 35.0 Å². The van der Waals surface area contributed by atoms with Crippen molar-refractivity contribution < 1.29 is 39.6 Å². The number of ether oxygens (including phenoxy) is 2. The number of aromatic nitrogens is 1. The lowest BCUT2D eigenvalue weighted by Crippen LogP contribution is -2.69. The number of anilines is 1. The summed E-state index contributed by atoms with van der Waals surface area (Å²) in [6, 6.07) is 16.3. The first kappa shape index (κ1) is 25.3. The summed E-state index contributed by atoms with van der Waals surface area (Å²) >= 11 is 0. The van der Waals surface area contributed by atoms with Crippen molar-refractivity contribution in [1.82, 2.24) is 0 Å². The molecule has 0 saturated heterocycles. The SMILES string of the molecule is CC(=O)[O-].CC(=O)[O-].COCc1c(N)[nH+]cc2c1-c1cc(OCc3ccccc3)ccc1[NH2+]2. The number of carboxylic acids is 2. The van der Waals surface area contributed by atoms with Crippen LogP contribution in [0.2, 0.25) is 0 Å². The van der Waals surface area contributed by atoms with Crippen LogP contribution in [0.15, 0.2) is 54.7 Å². The summed E-state index contributed by atoms with van der Waals surface area (Å²) < 4.78 is 11.3. The smallest absolute Gasteiger partial charge is 0.276 e. The Balaban J connectivity index is 0.000000420. The largest absolute Gasteiger partial charge is 0.550 e. The van der Waals surface area contributed by atoms with Gasteiger partial charge in [-0.2, -0.15) is 0 Å². The van der Waals surface area contributed by atoms with Crippen LogP contribution in [0.5, 0.6) is 5.75 Å². The molecule has 0 spiro atoms. The molecule has 174 valence electrons. The number of hydrogen-bond donors (Lipinski definition) is 2. The molecule has 0 fully saturated rings. The van der Waals surface area contributed by atoms with Crippen molar-refractivity contribution in [2.75, 3.05) is 12.8 Å². The van der Waals surface area contributed by atoms with E-state index in [9.17, 15) is 0 Å². The van der Waals surface area contributed by atoms with Gasteiger partial charge in [0, 0.05) is 25.1 Å². The Labute approximate surface area is 191 Å². The quantitative estimate of drug-likeness (QED) is 0.397. The van der Waals surface area contributed by atoms with Gasteiger partial charge in [0.05, 0.1) is 23.3 Å². The van der Waals surface area contributed by atoms with Crippen LogP contribution in [0, 0.1) is 0 Å². The maximum absolute atomic E-state index is 8.89. The lowest BCUT2D eigenvalue weighted by molar-refractivity contribution is -0.484. The number of aromatic amines is 1. The van der Waals surface area contributed by atoms with E-state index < -0.39 is 11.9 Å². The van der Waals surface area contributed by atoms with E-state index in [2.05, 4.69) is 34.6 Å². The number of carboxylic acid groups (broad SMARTS) is 2. The lowest BCUT2D eigenvalue weighted by Gasteiger charge is -2.08. The molecule has 2 heterocycles. The fourth-order valence-electron chi connectivity index (χ4n) is 3.23. The molecule has 0 amide bonds. The first-order valence-corrected chi connectivity index (χ1v) is 10.1. The number of carbonyl (C=O) groups is 2. The fraction of sp³-hybridized carbons (Fsp3) is 0.208. The Hall–Kier alpha value is -3.95. The number of H-pyrrole nitrogens is 1. The number of nitrogens with two attached hydrogens (primary N) is 2. The number of carbonyl (C=O) groups excluding carboxylic acids is 2. The maximum Gasteiger partial charge on any atom is 0.276 e. The lowest BCUT2D eigenvalue weighted by atomic mass is 10.0. The number of rotatable bonds is 5. The van der Waals surface area contributed by atoms with Gasteiger partial charge in [-0.15, -0.1) is 0 Å². The van der Waals surface area contributed by atoms with Crippen molar-refractivity contribution in [1.29, 1.82) is 0 Å². The third-order valence-corrected chi connectivity index (χ3v) is 4.44. The number of nitrogen functional groups attached to an aromatic ring is 1. The molecule has 3 aromatic rings. The van der Waals surface area contributed by atoms with E-state index in [0.717, 1.165) is 47.5 Å². The van der Waals surface area contributed by atoms with Crippen LogP contribution in [0.4, 0.5) is 17.2 Å². The van der Waals surface area contributed by atoms with Crippen molar-refractivity contribution in [3.05, 3.63) is 65.9 Å². The average Bonchev–Trinajstić information content (AvgIpc) is 3.12. The number of pyridine rings is 1. The number of aliphatic carboxylic acids is 2. The Bertz CT molecular complexity index is 1080. The third-order valence-electron chi connectivity index (χ3n) is 4.44. The molecule has 0 radical (unpaired) electrons. The topological polar surface area (TPSA) is 155 Å². The first-order chi connectivity index (χ1) is 15.7. The molecule has 1 aromatic heterocycles. The van der Waals surface area contributed by atoms with Gasteiger partial charge in [0.1, 0.15) is 18.0 Å². The van der Waals surface area contributed by atoms with Crippen LogP contribution in [-0.2, 0) is 27.5 Å². The average molecular weight is 453 g/mol. The first-order valence-electron chi connectivity index (χ1n) is 10.1. The van der Waals surface area contributed by atoms with Crippen LogP contribution in [0.1, 0.15) is 25.0 Å². The summed E-state index contributed by atoms with van der Waals surface area (Å²) in [7, 11) is 1.68. The van der Waals surface area contributed by atoms with Gasteiger partial charge < -0.3 is 29.3 Å². The summed E-state index contributed by atoms with van der Waals surface area (Å²) in [4.78, 5) is 20.9. The van der Waals surface area contributed by atoms with Crippen LogP contribution in [0.25, 0.3) is 11.1 Å². The standard InChI is InChI=1S/C20H19N3O2.2C2H4O2/c1-24-12-16-19-15-9-14(25-11-13-5-3-2-4-6-13)7-8-17(15)23-18(19)10-22-20(16)21;2*1-2(3)4/h2-10,23H,11-12H2,1H3,(H2,21,22);2*1H3,(H,3,4). The number of benzene rings is 2. The van der Waals surface area contributed by atoms with Gasteiger partial charge in [-0.05, 0) is 31.5 Å². The minimum atomic E-state index is -1.08. The zero-order valence-electron chi connectivity index (χ0n) is 18.7. The second kappa shape index (κ2) is 12.2. The molecule has 0 saturated carbocycles. The Morgan fingerprint density at radius 2 is 1.64 bits per heavy atom. The monoisotopic (exact) mass is 453 g/mol. The van der Waals surface area contributed by atoms with Crippen molar-refractivity contribution in [3.63, 3.8) is 0 Å². The van der Waals surface area contributed by atoms with Gasteiger partial charge in [-0.25, -0.2) is 4.98 Å². The highest BCUT2D eigenvalue weighted by molar-refractivity contribution is 5.88. The molecular formula is C24H27N3O6. The molecule has 0 atom stereocenters. The van der Waals surface area contributed by atoms with E-state index in [0.29, 0.717) is 19.0 Å². The van der Waals surface area contributed by atoms with Gasteiger partial charge in [0.2, 0.25) is 0 Å². The number of quaternary nitrogens is 1. The number of nitrogens with one attached hydrogen (secondary N) is 1. The second-order valence-electron chi connectivity index (χ2n) is 7.10. The van der Waals surface area contributed by atoms with Gasteiger partial charge >= 0.3 is 0 Å². The number of methoxy groups -OCH3 is 1. The van der Waals surface area contributed by atoms with E-state index in [-0.39, 0.29) is 0 Å². The normalized spacial score (nSPS) is 10.5. The summed E-state index contributed by atoms with van der Waals surface area (Å²) in [5.41, 5.74) is 12.8. The van der Waals surface area contributed by atoms with Crippen molar-refractivity contribution in [3.8, 4) is 16.9 Å². The molecule has 4 rings (SSSR count). The summed E-state index contributed by atoms with van der Waals surface area (Å²) in [6.45, 7) is 2.96. The molecule has 1 aliphatic heterocycles. The maximum atomic E-state index is 8.89. The zero-order chi connectivity index (χ0) is 24.4. The van der Waals surface area contributed by atoms with Gasteiger partial charge in [0.25, 0.3) is 5.82 Å². The van der Waals surface area contributed by atoms with Crippen molar-refractivity contribution in [2.24, 2.45) is 0 Å². The molecule has 5 N–H and O–H groups in total. The minimum Gasteiger partial charge on any atom is -0.550 e. The van der Waals surface area contributed by atoms with Crippen LogP contribution >= 0.6 is 0 Å². The van der Waals surface area contributed by atoms with E-state index in [1.165, 1.54) is 5.69 Å². The Morgan fingerprint density at radius 1 is 1.00 bits per heavy atom. The molecule has 0 aliphatic carbocycles. The molecular weight excluding hydrogens is 426 g/mol. The van der Waals surface area contributed by atoms with Crippen molar-refractivity contribution >= 4 is 29.1 Å². The molecule has 0 bridgehead atoms. The zero-order valence-corrected chi connectivity index (χ0v) is 18.7. The van der Waals surface area contributed by atoms with Crippen molar-refractivity contribution in [2.45, 2.75) is 27.1 Å². The molecule has 0 unspecified atom stereocenters. The summed E-state index contributed by atoms with van der Waals surface area (Å²) in [6.07, 6.45) is 1.94. The number of hydrogen-bond acceptors (Lipinski definition) is 7. The Morgan fingerprint density at radius 3 is 2.24 bits per heavy atom. The van der Waals surface area contributed by atoms with Crippen LogP contribution in [-0.4, -0.2) is 19.0 Å². The van der Waals surface area contributed by atoms with Gasteiger partial charge in [-0.3, -0.25) is 11.1 Å². The predicted molar refractivity (Wildman–Crippen MR) is 117 cm³/mol. The highest BCUT2D eigenvalue weighted by atomic mass is 16.5.